The zero-order valence-corrected chi connectivity index (χ0v) is 8.91. The molecule has 2 aromatic rings. The first kappa shape index (κ1) is 9.76. The Bertz CT molecular complexity index is 519. The van der Waals surface area contributed by atoms with Crippen LogP contribution in [0.1, 0.15) is 5.56 Å². The van der Waals surface area contributed by atoms with E-state index in [1.807, 2.05) is 0 Å². The molecule has 2 nitrogen and oxygen atoms in total. The average molecular weight is 230 g/mol. The van der Waals surface area contributed by atoms with Gasteiger partial charge in [0, 0.05) is 4.70 Å². The van der Waals surface area contributed by atoms with E-state index in [0.717, 1.165) is 22.3 Å². The molecule has 1 aromatic carbocycles. The van der Waals surface area contributed by atoms with Crippen molar-refractivity contribution in [1.82, 2.24) is 0 Å². The molecular weight excluding hydrogens is 223 g/mol. The van der Waals surface area contributed by atoms with Crippen molar-refractivity contribution in [2.24, 2.45) is 0 Å². The van der Waals surface area contributed by atoms with Crippen LogP contribution in [0.2, 0.25) is 0 Å². The maximum atomic E-state index is 12.8. The quantitative estimate of drug-likeness (QED) is 0.765. The molecule has 1 unspecified atom stereocenters. The summed E-state index contributed by atoms with van der Waals surface area (Å²) in [5, 5.41) is 0.841. The molecule has 2 rings (SSSR count). The molecule has 0 saturated carbocycles. The van der Waals surface area contributed by atoms with Gasteiger partial charge in [-0.2, -0.15) is 0 Å². The lowest BCUT2D eigenvalue weighted by atomic mass is 10.2. The van der Waals surface area contributed by atoms with E-state index in [1.165, 1.54) is 12.1 Å². The summed E-state index contributed by atoms with van der Waals surface area (Å²) in [6.45, 7) is 1.76. The molecule has 74 valence electrons. The molecule has 0 radical (unpaired) electrons. The number of halogens is 1. The molecule has 14 heavy (non-hydrogen) atoms. The Kier molecular flexibility index (Phi) is 2.38. The van der Waals surface area contributed by atoms with E-state index in [9.17, 15) is 8.60 Å². The number of aryl methyl sites for hydroxylation is 1. The van der Waals surface area contributed by atoms with Gasteiger partial charge >= 0.3 is 0 Å². The van der Waals surface area contributed by atoms with Gasteiger partial charge in [-0.25, -0.2) is 8.60 Å². The molecule has 1 atom stereocenters. The van der Waals surface area contributed by atoms with E-state index in [4.69, 9.17) is 4.55 Å². The Morgan fingerprint density at radius 2 is 2.21 bits per heavy atom. The molecule has 0 aliphatic rings. The highest BCUT2D eigenvalue weighted by Gasteiger charge is 2.12. The van der Waals surface area contributed by atoms with Gasteiger partial charge in [-0.3, -0.25) is 0 Å². The minimum absolute atomic E-state index is 0.325. The molecule has 1 aromatic heterocycles. The number of hydrogen-bond donors (Lipinski definition) is 1. The van der Waals surface area contributed by atoms with Gasteiger partial charge in [0.25, 0.3) is 0 Å². The van der Waals surface area contributed by atoms with Crippen LogP contribution in [0.5, 0.6) is 0 Å². The Labute approximate surface area is 86.7 Å². The van der Waals surface area contributed by atoms with Gasteiger partial charge in [-0.1, -0.05) is 6.07 Å². The molecule has 0 amide bonds. The summed E-state index contributed by atoms with van der Waals surface area (Å²) in [6.07, 6.45) is 0. The number of benzene rings is 1. The first-order chi connectivity index (χ1) is 6.59. The highest BCUT2D eigenvalue weighted by Crippen LogP contribution is 2.32. The largest absolute Gasteiger partial charge is 0.302 e. The Hall–Kier alpha value is -0.780. The lowest BCUT2D eigenvalue weighted by Gasteiger charge is -1.91. The van der Waals surface area contributed by atoms with E-state index in [1.54, 1.807) is 13.0 Å². The van der Waals surface area contributed by atoms with Crippen molar-refractivity contribution in [3.8, 4) is 0 Å². The van der Waals surface area contributed by atoms with Crippen molar-refractivity contribution in [3.05, 3.63) is 29.6 Å². The third-order valence-corrected chi connectivity index (χ3v) is 4.37. The fourth-order valence-electron chi connectivity index (χ4n) is 1.34. The van der Waals surface area contributed by atoms with E-state index in [-0.39, 0.29) is 5.82 Å². The van der Waals surface area contributed by atoms with Crippen LogP contribution < -0.4 is 0 Å². The Morgan fingerprint density at radius 1 is 1.50 bits per heavy atom. The molecule has 1 heterocycles. The van der Waals surface area contributed by atoms with Crippen molar-refractivity contribution >= 4 is 32.5 Å². The van der Waals surface area contributed by atoms with Gasteiger partial charge in [-0.15, -0.1) is 11.3 Å². The smallest absolute Gasteiger partial charge is 0.197 e. The standard InChI is InChI=1S/C9H7FO2S2/c1-5-7-3-2-6(10)4-8(7)13-9(5)14(11)12/h2-4H,1H3,(H,11,12). The second-order valence-electron chi connectivity index (χ2n) is 2.90. The van der Waals surface area contributed by atoms with Crippen molar-refractivity contribution in [2.75, 3.05) is 0 Å². The van der Waals surface area contributed by atoms with Crippen LogP contribution in [0.4, 0.5) is 4.39 Å². The zero-order chi connectivity index (χ0) is 10.3. The van der Waals surface area contributed by atoms with Crippen LogP contribution in [-0.2, 0) is 11.1 Å². The SMILES string of the molecule is Cc1c(S(=O)O)sc2cc(F)ccc12. The van der Waals surface area contributed by atoms with Crippen molar-refractivity contribution < 1.29 is 13.2 Å². The number of thiophene rings is 1. The van der Waals surface area contributed by atoms with E-state index in [0.29, 0.717) is 8.91 Å². The number of hydrogen-bond acceptors (Lipinski definition) is 2. The summed E-state index contributed by atoms with van der Waals surface area (Å²) >= 11 is -0.828. The van der Waals surface area contributed by atoms with Crippen molar-refractivity contribution in [2.45, 2.75) is 11.1 Å². The molecule has 0 bridgehead atoms. The lowest BCUT2D eigenvalue weighted by Crippen LogP contribution is -1.85. The summed E-state index contributed by atoms with van der Waals surface area (Å²) in [4.78, 5) is 0. The summed E-state index contributed by atoms with van der Waals surface area (Å²) in [5.41, 5.74) is 0.755. The van der Waals surface area contributed by atoms with Gasteiger partial charge in [0.15, 0.2) is 11.1 Å². The van der Waals surface area contributed by atoms with E-state index >= 15 is 0 Å². The highest BCUT2D eigenvalue weighted by atomic mass is 32.2. The zero-order valence-electron chi connectivity index (χ0n) is 7.28. The van der Waals surface area contributed by atoms with Crippen molar-refractivity contribution in [1.29, 1.82) is 0 Å². The second kappa shape index (κ2) is 3.42. The molecule has 0 saturated heterocycles. The third-order valence-electron chi connectivity index (χ3n) is 2.02. The van der Waals surface area contributed by atoms with Crippen molar-refractivity contribution in [3.63, 3.8) is 0 Å². The molecule has 0 aliphatic carbocycles. The van der Waals surface area contributed by atoms with Gasteiger partial charge in [-0.05, 0) is 30.0 Å². The first-order valence-corrected chi connectivity index (χ1v) is 5.81. The van der Waals surface area contributed by atoms with Crippen LogP contribution in [0.15, 0.2) is 22.4 Å². The van der Waals surface area contributed by atoms with Crippen LogP contribution >= 0.6 is 11.3 Å². The van der Waals surface area contributed by atoms with Crippen LogP contribution in [0.3, 0.4) is 0 Å². The normalized spacial score (nSPS) is 13.4. The minimum Gasteiger partial charge on any atom is -0.302 e. The predicted molar refractivity (Wildman–Crippen MR) is 55.6 cm³/mol. The van der Waals surface area contributed by atoms with E-state index < -0.39 is 11.1 Å². The molecule has 1 N–H and O–H groups in total. The molecule has 0 fully saturated rings. The predicted octanol–water partition coefficient (Wildman–Crippen LogP) is 2.93. The Morgan fingerprint density at radius 3 is 2.86 bits per heavy atom. The summed E-state index contributed by atoms with van der Waals surface area (Å²) in [5.74, 6) is -0.325. The van der Waals surface area contributed by atoms with Crippen LogP contribution in [0, 0.1) is 12.7 Å². The van der Waals surface area contributed by atoms with Gasteiger partial charge in [0.1, 0.15) is 10.0 Å². The fraction of sp³-hybridized carbons (Fsp3) is 0.111. The molecule has 0 spiro atoms. The summed E-state index contributed by atoms with van der Waals surface area (Å²) in [6, 6.07) is 4.36. The van der Waals surface area contributed by atoms with Gasteiger partial charge in [0.2, 0.25) is 0 Å². The first-order valence-electron chi connectivity index (χ1n) is 3.89. The Balaban J connectivity index is 2.79. The average Bonchev–Trinajstić information content (AvgIpc) is 2.43. The topological polar surface area (TPSA) is 37.3 Å². The summed E-state index contributed by atoms with van der Waals surface area (Å²) in [7, 11) is 0. The number of rotatable bonds is 1. The van der Waals surface area contributed by atoms with Gasteiger partial charge in [0.05, 0.1) is 0 Å². The maximum absolute atomic E-state index is 12.8. The van der Waals surface area contributed by atoms with Crippen LogP contribution in [-0.4, -0.2) is 8.76 Å². The maximum Gasteiger partial charge on any atom is 0.197 e. The van der Waals surface area contributed by atoms with Gasteiger partial charge < -0.3 is 4.55 Å². The minimum atomic E-state index is -1.98. The fourth-order valence-corrected chi connectivity index (χ4v) is 3.24. The third kappa shape index (κ3) is 1.47. The highest BCUT2D eigenvalue weighted by molar-refractivity contribution is 7.82. The molecule has 5 heteroatoms. The van der Waals surface area contributed by atoms with E-state index in [2.05, 4.69) is 0 Å². The molecular formula is C9H7FO2S2. The second-order valence-corrected chi connectivity index (χ2v) is 5.12. The number of fused-ring (bicyclic) bond motifs is 1. The monoisotopic (exact) mass is 230 g/mol. The van der Waals surface area contributed by atoms with Crippen LogP contribution in [0.25, 0.3) is 10.1 Å². The summed E-state index contributed by atoms with van der Waals surface area (Å²) < 4.78 is 33.8. The molecule has 0 aliphatic heterocycles. The lowest BCUT2D eigenvalue weighted by molar-refractivity contribution is 0.566.